The Balaban J connectivity index is 1.83. The zero-order valence-corrected chi connectivity index (χ0v) is 18.5. The fourth-order valence-electron chi connectivity index (χ4n) is 3.38. The second-order valence-corrected chi connectivity index (χ2v) is 8.15. The van der Waals surface area contributed by atoms with Crippen molar-refractivity contribution in [3.8, 4) is 5.75 Å². The zero-order chi connectivity index (χ0) is 22.0. The van der Waals surface area contributed by atoms with Gasteiger partial charge in [-0.3, -0.25) is 4.79 Å². The lowest BCUT2D eigenvalue weighted by Crippen LogP contribution is -2.07. The summed E-state index contributed by atoms with van der Waals surface area (Å²) in [5.74, 6) is 0.476. The van der Waals surface area contributed by atoms with Gasteiger partial charge in [-0.2, -0.15) is 0 Å². The molecule has 0 saturated carbocycles. The van der Waals surface area contributed by atoms with Gasteiger partial charge >= 0.3 is 0 Å². The smallest absolute Gasteiger partial charge is 0.204 e. The van der Waals surface area contributed by atoms with E-state index in [0.717, 1.165) is 16.7 Å². The van der Waals surface area contributed by atoms with Gasteiger partial charge in [0.1, 0.15) is 28.9 Å². The summed E-state index contributed by atoms with van der Waals surface area (Å²) in [4.78, 5) is 13.3. The first kappa shape index (κ1) is 21.2. The van der Waals surface area contributed by atoms with E-state index < -0.39 is 0 Å². The minimum absolute atomic E-state index is 0.127. The van der Waals surface area contributed by atoms with Gasteiger partial charge in [-0.25, -0.2) is 0 Å². The van der Waals surface area contributed by atoms with Gasteiger partial charge in [0.2, 0.25) is 5.43 Å². The van der Waals surface area contributed by atoms with Gasteiger partial charge in [-0.15, -0.1) is 0 Å². The van der Waals surface area contributed by atoms with Crippen molar-refractivity contribution in [1.82, 2.24) is 0 Å². The molecule has 0 saturated heterocycles. The third-order valence-corrected chi connectivity index (χ3v) is 5.58. The molecule has 0 unspecified atom stereocenters. The van der Waals surface area contributed by atoms with Crippen LogP contribution in [0, 0.1) is 0 Å². The molecule has 4 aromatic rings. The summed E-state index contributed by atoms with van der Waals surface area (Å²) in [6.07, 6.45) is 4.40. The average Bonchev–Trinajstić information content (AvgIpc) is 2.75. The minimum Gasteiger partial charge on any atom is -0.488 e. The summed E-state index contributed by atoms with van der Waals surface area (Å²) < 4.78 is 12.0. The van der Waals surface area contributed by atoms with Crippen LogP contribution < -0.4 is 10.2 Å². The van der Waals surface area contributed by atoms with E-state index >= 15 is 0 Å². The van der Waals surface area contributed by atoms with Crippen LogP contribution in [0.15, 0.2) is 82.0 Å². The number of benzene rings is 3. The topological polar surface area (TPSA) is 39.4 Å². The molecule has 0 radical (unpaired) electrons. The van der Waals surface area contributed by atoms with Crippen LogP contribution in [0.2, 0.25) is 10.0 Å². The van der Waals surface area contributed by atoms with Crippen molar-refractivity contribution in [2.75, 3.05) is 6.61 Å². The Kier molecular flexibility index (Phi) is 6.17. The van der Waals surface area contributed by atoms with Gasteiger partial charge in [-0.1, -0.05) is 60.1 Å². The Morgan fingerprint density at radius 3 is 2.55 bits per heavy atom. The maximum Gasteiger partial charge on any atom is 0.204 e. The van der Waals surface area contributed by atoms with Crippen molar-refractivity contribution in [2.45, 2.75) is 13.3 Å². The third-order valence-electron chi connectivity index (χ3n) is 4.88. The van der Waals surface area contributed by atoms with Crippen LogP contribution >= 0.6 is 23.2 Å². The Labute approximate surface area is 190 Å². The number of halogens is 2. The van der Waals surface area contributed by atoms with Crippen LogP contribution in [0.3, 0.4) is 0 Å². The van der Waals surface area contributed by atoms with Crippen LogP contribution in [0.1, 0.15) is 18.1 Å². The first-order valence-corrected chi connectivity index (χ1v) is 10.6. The number of fused-ring (bicyclic) bond motifs is 2. The predicted octanol–water partition coefficient (Wildman–Crippen LogP) is 7.46. The second kappa shape index (κ2) is 9.01. The number of ether oxygens (including phenoxy) is 1. The normalized spacial score (nSPS) is 11.5. The van der Waals surface area contributed by atoms with Crippen molar-refractivity contribution < 1.29 is 9.15 Å². The zero-order valence-electron chi connectivity index (χ0n) is 17.0. The molecule has 156 valence electrons. The van der Waals surface area contributed by atoms with E-state index in [2.05, 4.69) is 6.58 Å². The van der Waals surface area contributed by atoms with E-state index in [4.69, 9.17) is 32.4 Å². The largest absolute Gasteiger partial charge is 0.488 e. The summed E-state index contributed by atoms with van der Waals surface area (Å²) in [6, 6.07) is 16.3. The summed E-state index contributed by atoms with van der Waals surface area (Å²) in [5.41, 5.74) is 3.35. The second-order valence-electron chi connectivity index (χ2n) is 7.34. The molecule has 0 aliphatic carbocycles. The van der Waals surface area contributed by atoms with E-state index in [9.17, 15) is 4.79 Å². The molecule has 3 nitrogen and oxygen atoms in total. The first-order valence-electron chi connectivity index (χ1n) is 9.81. The van der Waals surface area contributed by atoms with E-state index in [0.29, 0.717) is 50.8 Å². The van der Waals surface area contributed by atoms with Crippen molar-refractivity contribution in [3.05, 3.63) is 104 Å². The number of hydrogen-bond donors (Lipinski definition) is 0. The number of allylic oxidation sites excluding steroid dienone is 1. The number of para-hydroxylation sites is 1. The van der Waals surface area contributed by atoms with E-state index in [1.807, 2.05) is 55.5 Å². The lowest BCUT2D eigenvalue weighted by molar-refractivity contribution is 0.356. The van der Waals surface area contributed by atoms with Gasteiger partial charge < -0.3 is 9.15 Å². The highest BCUT2D eigenvalue weighted by Gasteiger charge is 2.15. The maximum absolute atomic E-state index is 13.3. The van der Waals surface area contributed by atoms with Crippen LogP contribution in [0.5, 0.6) is 5.75 Å². The molecule has 0 N–H and O–H groups in total. The van der Waals surface area contributed by atoms with Gasteiger partial charge in [0.05, 0.1) is 5.39 Å². The van der Waals surface area contributed by atoms with Gasteiger partial charge in [0.25, 0.3) is 0 Å². The molecule has 1 heterocycles. The predicted molar refractivity (Wildman–Crippen MR) is 129 cm³/mol. The highest BCUT2D eigenvalue weighted by molar-refractivity contribution is 6.36. The fraction of sp³-hybridized carbons (Fsp3) is 0.115. The molecule has 4 rings (SSSR count). The lowest BCUT2D eigenvalue weighted by Gasteiger charge is -2.11. The Hall–Kier alpha value is -3.01. The highest BCUT2D eigenvalue weighted by Crippen LogP contribution is 2.31. The Morgan fingerprint density at radius 2 is 1.81 bits per heavy atom. The Bertz CT molecular complexity index is 1360. The van der Waals surface area contributed by atoms with E-state index in [1.165, 1.54) is 0 Å². The van der Waals surface area contributed by atoms with Crippen molar-refractivity contribution >= 4 is 51.2 Å². The third kappa shape index (κ3) is 4.39. The first-order chi connectivity index (χ1) is 15.0. The molecule has 0 aliphatic rings. The van der Waals surface area contributed by atoms with Gasteiger partial charge in [-0.05, 0) is 60.9 Å². The monoisotopic (exact) mass is 450 g/mol. The lowest BCUT2D eigenvalue weighted by atomic mass is 10.1. The molecule has 3 aromatic carbocycles. The van der Waals surface area contributed by atoms with Crippen LogP contribution in [-0.2, 0) is 6.42 Å². The molecule has 5 heteroatoms. The molecule has 1 aromatic heterocycles. The fourth-order valence-corrected chi connectivity index (χ4v) is 3.93. The molecule has 31 heavy (non-hydrogen) atoms. The molecule has 0 atom stereocenters. The maximum atomic E-state index is 13.3. The number of hydrogen-bond acceptors (Lipinski definition) is 3. The summed E-state index contributed by atoms with van der Waals surface area (Å²) in [6.45, 7) is 6.06. The quantitative estimate of drug-likeness (QED) is 0.226. The summed E-state index contributed by atoms with van der Waals surface area (Å²) in [5, 5.41) is 2.16. The van der Waals surface area contributed by atoms with Crippen molar-refractivity contribution in [2.24, 2.45) is 0 Å². The van der Waals surface area contributed by atoms with Gasteiger partial charge in [0.15, 0.2) is 0 Å². The molecule has 0 spiro atoms. The highest BCUT2D eigenvalue weighted by atomic mass is 35.5. The Morgan fingerprint density at radius 1 is 1.06 bits per heavy atom. The van der Waals surface area contributed by atoms with Crippen LogP contribution in [0.4, 0.5) is 0 Å². The molecule has 0 fully saturated rings. The molecule has 0 bridgehead atoms. The average molecular weight is 451 g/mol. The van der Waals surface area contributed by atoms with Gasteiger partial charge in [0, 0.05) is 15.6 Å². The van der Waals surface area contributed by atoms with Crippen molar-refractivity contribution in [1.29, 1.82) is 0 Å². The van der Waals surface area contributed by atoms with E-state index in [1.54, 1.807) is 18.2 Å². The molecular formula is C26H20Cl2O3. The van der Waals surface area contributed by atoms with Crippen LogP contribution in [0.25, 0.3) is 28.0 Å². The standard InChI is InChI=1S/C26H20Cl2O3/c1-16(2)15-30-23-14-13-17(7-5-9-18-20(27)10-6-11-21(18)28)26-24(23)25(29)19-8-3-4-12-22(19)31-26/h3-8,10-14H,1,9,15H2,2H3. The SMILES string of the molecule is C=C(C)COc1ccc(C=CCc2c(Cl)cccc2Cl)c2oc3ccccc3c(=O)c12. The van der Waals surface area contributed by atoms with Crippen molar-refractivity contribution in [3.63, 3.8) is 0 Å². The van der Waals surface area contributed by atoms with Crippen LogP contribution in [-0.4, -0.2) is 6.61 Å². The molecule has 0 aliphatic heterocycles. The molecule has 0 amide bonds. The number of rotatable bonds is 6. The molecular weight excluding hydrogens is 431 g/mol. The van der Waals surface area contributed by atoms with E-state index in [-0.39, 0.29) is 5.43 Å². The minimum atomic E-state index is -0.127. The summed E-state index contributed by atoms with van der Waals surface area (Å²) in [7, 11) is 0. The summed E-state index contributed by atoms with van der Waals surface area (Å²) >= 11 is 12.5.